The third-order valence-corrected chi connectivity index (χ3v) is 8.38. The number of likely N-dealkylation sites (tertiary alicyclic amines) is 1. The molecule has 1 heterocycles. The van der Waals surface area contributed by atoms with Gasteiger partial charge in [-0.1, -0.05) is 49.4 Å². The van der Waals surface area contributed by atoms with E-state index < -0.39 is 18.1 Å². The molecule has 3 amide bonds. The van der Waals surface area contributed by atoms with Crippen LogP contribution in [-0.2, 0) is 25.5 Å². The Labute approximate surface area is 226 Å². The maximum absolute atomic E-state index is 14.0. The van der Waals surface area contributed by atoms with Crippen molar-refractivity contribution in [3.63, 3.8) is 0 Å². The summed E-state index contributed by atoms with van der Waals surface area (Å²) >= 11 is 0. The van der Waals surface area contributed by atoms with Crippen LogP contribution in [0.1, 0.15) is 76.0 Å². The number of carbonyl (C=O) groups excluding carboxylic acids is 3. The van der Waals surface area contributed by atoms with Crippen LogP contribution in [0.3, 0.4) is 0 Å². The lowest BCUT2D eigenvalue weighted by atomic mass is 9.83. The van der Waals surface area contributed by atoms with Gasteiger partial charge < -0.3 is 25.6 Å². The van der Waals surface area contributed by atoms with Gasteiger partial charge in [-0.15, -0.1) is 5.92 Å². The van der Waals surface area contributed by atoms with Crippen LogP contribution in [-0.4, -0.2) is 67.1 Å². The quantitative estimate of drug-likeness (QED) is 0.433. The third-order valence-electron chi connectivity index (χ3n) is 8.38. The number of nitrogens with zero attached hydrogens (tertiary/aromatic N) is 1. The number of carbonyl (C=O) groups is 3. The van der Waals surface area contributed by atoms with E-state index >= 15 is 0 Å². The molecule has 1 saturated carbocycles. The van der Waals surface area contributed by atoms with E-state index in [9.17, 15) is 14.4 Å². The minimum atomic E-state index is -0.608. The molecule has 0 radical (unpaired) electrons. The normalized spacial score (nSPS) is 24.6. The van der Waals surface area contributed by atoms with Gasteiger partial charge in [-0.05, 0) is 63.6 Å². The molecular formula is C30H42N4O4. The summed E-state index contributed by atoms with van der Waals surface area (Å²) in [5.41, 5.74) is 2.21. The molecule has 0 aromatic heterocycles. The topological polar surface area (TPSA) is 99.8 Å². The second kappa shape index (κ2) is 13.3. The average molecular weight is 523 g/mol. The van der Waals surface area contributed by atoms with Gasteiger partial charge in [0, 0.05) is 13.0 Å². The fraction of sp³-hybridized carbons (Fsp3) is 0.633. The van der Waals surface area contributed by atoms with Crippen LogP contribution in [0.4, 0.5) is 0 Å². The highest BCUT2D eigenvalue weighted by Gasteiger charge is 2.43. The van der Waals surface area contributed by atoms with Gasteiger partial charge in [0.05, 0.1) is 18.2 Å². The van der Waals surface area contributed by atoms with Gasteiger partial charge in [-0.3, -0.25) is 14.4 Å². The number of hydrogen-bond donors (Lipinski definition) is 3. The maximum Gasteiger partial charge on any atom is 0.246 e. The van der Waals surface area contributed by atoms with E-state index in [1.54, 1.807) is 25.8 Å². The van der Waals surface area contributed by atoms with Crippen LogP contribution in [0, 0.1) is 17.8 Å². The SMILES string of the molecule is CC#CCO[C@@H]1Cc2ccccc2C1NC(=O)[C@@H]1CCCN1C(=O)C(NC(=O)[C@H](C)NC)C1CCCCC1. The molecule has 38 heavy (non-hydrogen) atoms. The predicted molar refractivity (Wildman–Crippen MR) is 146 cm³/mol. The number of benzene rings is 1. The Morgan fingerprint density at radius 2 is 1.87 bits per heavy atom. The van der Waals surface area contributed by atoms with Crippen molar-refractivity contribution in [3.8, 4) is 11.8 Å². The van der Waals surface area contributed by atoms with Crippen LogP contribution in [0.15, 0.2) is 24.3 Å². The molecule has 2 fully saturated rings. The molecule has 1 saturated heterocycles. The standard InChI is InChI=1S/C30H42N4O4/c1-4-5-18-38-25-19-22-14-9-10-15-23(22)27(25)33-29(36)24-16-11-17-34(24)30(37)26(21-12-7-6-8-13-21)32-28(35)20(2)31-3/h9-10,14-15,20-21,24-27,31H,6-8,11-13,16-19H2,1-3H3,(H,32,35)(H,33,36)/t20-,24-,25+,26?,27?/m0/s1. The van der Waals surface area contributed by atoms with Crippen LogP contribution < -0.4 is 16.0 Å². The van der Waals surface area contributed by atoms with Gasteiger partial charge in [0.15, 0.2) is 0 Å². The number of ether oxygens (including phenoxy) is 1. The fourth-order valence-corrected chi connectivity index (χ4v) is 6.09. The Hall–Kier alpha value is -2.89. The summed E-state index contributed by atoms with van der Waals surface area (Å²) in [4.78, 5) is 42.2. The van der Waals surface area contributed by atoms with E-state index in [1.807, 2.05) is 18.2 Å². The zero-order valence-corrected chi connectivity index (χ0v) is 22.9. The highest BCUT2D eigenvalue weighted by atomic mass is 16.5. The van der Waals surface area contributed by atoms with Crippen molar-refractivity contribution in [1.29, 1.82) is 0 Å². The summed E-state index contributed by atoms with van der Waals surface area (Å²) in [6.45, 7) is 4.39. The lowest BCUT2D eigenvalue weighted by molar-refractivity contribution is -0.143. The molecule has 0 bridgehead atoms. The van der Waals surface area contributed by atoms with Crippen molar-refractivity contribution in [2.45, 2.75) is 95.5 Å². The first-order chi connectivity index (χ1) is 18.4. The largest absolute Gasteiger partial charge is 0.363 e. The highest BCUT2D eigenvalue weighted by Crippen LogP contribution is 2.34. The fourth-order valence-electron chi connectivity index (χ4n) is 6.09. The summed E-state index contributed by atoms with van der Waals surface area (Å²) in [5, 5.41) is 9.22. The molecule has 3 N–H and O–H groups in total. The smallest absolute Gasteiger partial charge is 0.246 e. The Morgan fingerprint density at radius 3 is 2.61 bits per heavy atom. The minimum Gasteiger partial charge on any atom is -0.363 e. The number of fused-ring (bicyclic) bond motifs is 1. The zero-order chi connectivity index (χ0) is 27.1. The Kier molecular flexibility index (Phi) is 9.81. The first kappa shape index (κ1) is 28.1. The summed E-state index contributed by atoms with van der Waals surface area (Å²) in [7, 11) is 1.73. The minimum absolute atomic E-state index is 0.0905. The van der Waals surface area contributed by atoms with Crippen molar-refractivity contribution in [2.75, 3.05) is 20.2 Å². The van der Waals surface area contributed by atoms with Crippen LogP contribution in [0.2, 0.25) is 0 Å². The molecule has 0 spiro atoms. The van der Waals surface area contributed by atoms with Crippen molar-refractivity contribution in [2.24, 2.45) is 5.92 Å². The number of likely N-dealkylation sites (N-methyl/N-ethyl adjacent to an activating group) is 1. The van der Waals surface area contributed by atoms with E-state index in [1.165, 1.54) is 0 Å². The molecule has 5 atom stereocenters. The Bertz CT molecular complexity index is 1060. The molecule has 8 nitrogen and oxygen atoms in total. The summed E-state index contributed by atoms with van der Waals surface area (Å²) in [6, 6.07) is 6.21. The van der Waals surface area contributed by atoms with Gasteiger partial charge in [0.1, 0.15) is 18.7 Å². The summed E-state index contributed by atoms with van der Waals surface area (Å²) in [5.74, 6) is 5.41. The van der Waals surface area contributed by atoms with Crippen LogP contribution in [0.25, 0.3) is 0 Å². The molecule has 2 unspecified atom stereocenters. The summed E-state index contributed by atoms with van der Waals surface area (Å²) < 4.78 is 6.05. The van der Waals surface area contributed by atoms with Crippen LogP contribution in [0.5, 0.6) is 0 Å². The second-order valence-corrected chi connectivity index (χ2v) is 10.7. The molecular weight excluding hydrogens is 480 g/mol. The first-order valence-corrected chi connectivity index (χ1v) is 14.1. The van der Waals surface area contributed by atoms with Crippen molar-refractivity contribution >= 4 is 17.7 Å². The van der Waals surface area contributed by atoms with Gasteiger partial charge in [0.25, 0.3) is 0 Å². The molecule has 8 heteroatoms. The Balaban J connectivity index is 1.50. The molecule has 1 aromatic rings. The first-order valence-electron chi connectivity index (χ1n) is 14.1. The number of rotatable bonds is 9. The molecule has 1 aromatic carbocycles. The molecule has 3 aliphatic rings. The van der Waals surface area contributed by atoms with Crippen LogP contribution >= 0.6 is 0 Å². The predicted octanol–water partition coefficient (Wildman–Crippen LogP) is 2.47. The second-order valence-electron chi connectivity index (χ2n) is 10.7. The van der Waals surface area contributed by atoms with E-state index in [-0.39, 0.29) is 35.8 Å². The number of hydrogen-bond acceptors (Lipinski definition) is 5. The lowest BCUT2D eigenvalue weighted by Gasteiger charge is -2.35. The zero-order valence-electron chi connectivity index (χ0n) is 22.9. The molecule has 1 aliphatic heterocycles. The van der Waals surface area contributed by atoms with E-state index in [0.29, 0.717) is 26.0 Å². The van der Waals surface area contributed by atoms with Crippen molar-refractivity contribution < 1.29 is 19.1 Å². The van der Waals surface area contributed by atoms with Crippen molar-refractivity contribution in [3.05, 3.63) is 35.4 Å². The van der Waals surface area contributed by atoms with Gasteiger partial charge >= 0.3 is 0 Å². The van der Waals surface area contributed by atoms with E-state index in [0.717, 1.165) is 49.7 Å². The maximum atomic E-state index is 14.0. The third kappa shape index (κ3) is 6.39. The molecule has 4 rings (SSSR count). The van der Waals surface area contributed by atoms with E-state index in [2.05, 4.69) is 33.9 Å². The van der Waals surface area contributed by atoms with Gasteiger partial charge in [-0.25, -0.2) is 0 Å². The molecule has 206 valence electrons. The Morgan fingerprint density at radius 1 is 1.11 bits per heavy atom. The lowest BCUT2D eigenvalue weighted by Crippen LogP contribution is -2.58. The number of nitrogens with one attached hydrogen (secondary N) is 3. The summed E-state index contributed by atoms with van der Waals surface area (Å²) in [6.07, 6.45) is 6.96. The highest BCUT2D eigenvalue weighted by molar-refractivity contribution is 5.93. The average Bonchev–Trinajstić information content (AvgIpc) is 3.57. The molecule has 2 aliphatic carbocycles. The monoisotopic (exact) mass is 522 g/mol. The van der Waals surface area contributed by atoms with E-state index in [4.69, 9.17) is 4.74 Å². The van der Waals surface area contributed by atoms with Crippen molar-refractivity contribution in [1.82, 2.24) is 20.9 Å². The number of amides is 3. The van der Waals surface area contributed by atoms with Gasteiger partial charge in [0.2, 0.25) is 17.7 Å². The van der Waals surface area contributed by atoms with Gasteiger partial charge in [-0.2, -0.15) is 0 Å².